The number of hydrogen-bond acceptors (Lipinski definition) is 4. The summed E-state index contributed by atoms with van der Waals surface area (Å²) < 4.78 is 40.0. The van der Waals surface area contributed by atoms with E-state index < -0.39 is 10.0 Å². The lowest BCUT2D eigenvalue weighted by atomic mass is 10.1. The second-order valence-electron chi connectivity index (χ2n) is 5.58. The highest BCUT2D eigenvalue weighted by Gasteiger charge is 2.24. The third kappa shape index (κ3) is 3.52. The van der Waals surface area contributed by atoms with Crippen LogP contribution in [0.4, 0.5) is 5.69 Å². The predicted octanol–water partition coefficient (Wildman–Crippen LogP) is 3.97. The standard InChI is InChI=1S/C17H18BrNO4S/c1-3-22-17-9-12-8-11(2)23-16(12)10-15(17)19-24(20,21)14-6-4-13(18)5-7-14/h4-7,9-11,19H,3,8H2,1-2H3/t11-/m1/s1. The van der Waals surface area contributed by atoms with Gasteiger partial charge >= 0.3 is 0 Å². The number of benzene rings is 2. The fourth-order valence-corrected chi connectivity index (χ4v) is 3.94. The molecule has 3 rings (SSSR count). The van der Waals surface area contributed by atoms with Crippen molar-refractivity contribution >= 4 is 31.6 Å². The summed E-state index contributed by atoms with van der Waals surface area (Å²) in [6, 6.07) is 10.00. The summed E-state index contributed by atoms with van der Waals surface area (Å²) in [6.45, 7) is 4.29. The van der Waals surface area contributed by atoms with Gasteiger partial charge in [0.05, 0.1) is 17.2 Å². The van der Waals surface area contributed by atoms with Crippen LogP contribution in [0.3, 0.4) is 0 Å². The summed E-state index contributed by atoms with van der Waals surface area (Å²) in [5.74, 6) is 1.20. The van der Waals surface area contributed by atoms with Crippen molar-refractivity contribution in [3.63, 3.8) is 0 Å². The monoisotopic (exact) mass is 411 g/mol. The van der Waals surface area contributed by atoms with E-state index in [1.165, 1.54) is 0 Å². The van der Waals surface area contributed by atoms with Crippen LogP contribution in [0.25, 0.3) is 0 Å². The van der Waals surface area contributed by atoms with Crippen LogP contribution in [-0.4, -0.2) is 21.1 Å². The first-order valence-corrected chi connectivity index (χ1v) is 9.91. The van der Waals surface area contributed by atoms with Crippen LogP contribution in [0.5, 0.6) is 11.5 Å². The summed E-state index contributed by atoms with van der Waals surface area (Å²) in [5.41, 5.74) is 1.41. The Balaban J connectivity index is 1.96. The van der Waals surface area contributed by atoms with E-state index in [1.807, 2.05) is 19.9 Å². The molecule has 1 N–H and O–H groups in total. The van der Waals surface area contributed by atoms with Crippen LogP contribution in [-0.2, 0) is 16.4 Å². The molecule has 5 nitrogen and oxygen atoms in total. The maximum absolute atomic E-state index is 12.6. The van der Waals surface area contributed by atoms with Crippen molar-refractivity contribution in [2.45, 2.75) is 31.3 Å². The molecule has 1 atom stereocenters. The van der Waals surface area contributed by atoms with Gasteiger partial charge in [0.15, 0.2) is 0 Å². The lowest BCUT2D eigenvalue weighted by Gasteiger charge is -2.14. The van der Waals surface area contributed by atoms with Gasteiger partial charge in [0.1, 0.15) is 17.6 Å². The summed E-state index contributed by atoms with van der Waals surface area (Å²) in [6.07, 6.45) is 0.864. The zero-order valence-electron chi connectivity index (χ0n) is 13.4. The van der Waals surface area contributed by atoms with Crippen LogP contribution in [0.1, 0.15) is 19.4 Å². The minimum absolute atomic E-state index is 0.0767. The van der Waals surface area contributed by atoms with Gasteiger partial charge in [-0.05, 0) is 44.2 Å². The molecule has 0 amide bonds. The largest absolute Gasteiger partial charge is 0.492 e. The molecule has 0 radical (unpaired) electrons. The van der Waals surface area contributed by atoms with Gasteiger partial charge in [-0.2, -0.15) is 0 Å². The van der Waals surface area contributed by atoms with E-state index >= 15 is 0 Å². The lowest BCUT2D eigenvalue weighted by Crippen LogP contribution is -2.14. The van der Waals surface area contributed by atoms with E-state index in [0.29, 0.717) is 23.8 Å². The van der Waals surface area contributed by atoms with Crippen LogP contribution in [0.2, 0.25) is 0 Å². The molecule has 128 valence electrons. The molecule has 0 aliphatic carbocycles. The van der Waals surface area contributed by atoms with Crippen molar-refractivity contribution in [3.8, 4) is 11.5 Å². The fourth-order valence-electron chi connectivity index (χ4n) is 2.61. The molecule has 0 unspecified atom stereocenters. The van der Waals surface area contributed by atoms with Gasteiger partial charge in [0, 0.05) is 22.5 Å². The average Bonchev–Trinajstić information content (AvgIpc) is 2.87. The van der Waals surface area contributed by atoms with Crippen LogP contribution in [0.15, 0.2) is 45.8 Å². The Morgan fingerprint density at radius 3 is 2.67 bits per heavy atom. The smallest absolute Gasteiger partial charge is 0.262 e. The fraction of sp³-hybridized carbons (Fsp3) is 0.294. The third-order valence-electron chi connectivity index (χ3n) is 3.67. The van der Waals surface area contributed by atoms with Gasteiger partial charge in [-0.1, -0.05) is 15.9 Å². The van der Waals surface area contributed by atoms with Crippen LogP contribution < -0.4 is 14.2 Å². The number of hydrogen-bond donors (Lipinski definition) is 1. The first kappa shape index (κ1) is 17.1. The highest BCUT2D eigenvalue weighted by atomic mass is 79.9. The Labute approximate surface area is 150 Å². The van der Waals surface area contributed by atoms with Crippen molar-refractivity contribution in [3.05, 3.63) is 46.4 Å². The lowest BCUT2D eigenvalue weighted by molar-refractivity contribution is 0.254. The van der Waals surface area contributed by atoms with Crippen molar-refractivity contribution in [1.29, 1.82) is 0 Å². The number of nitrogens with one attached hydrogen (secondary N) is 1. The predicted molar refractivity (Wildman–Crippen MR) is 96.4 cm³/mol. The molecule has 0 aromatic heterocycles. The van der Waals surface area contributed by atoms with E-state index in [9.17, 15) is 8.42 Å². The van der Waals surface area contributed by atoms with Gasteiger partial charge in [-0.15, -0.1) is 0 Å². The molecule has 1 aliphatic rings. The molecule has 0 saturated carbocycles. The average molecular weight is 412 g/mol. The van der Waals surface area contributed by atoms with Gasteiger partial charge in [0.2, 0.25) is 0 Å². The van der Waals surface area contributed by atoms with Crippen molar-refractivity contribution in [2.75, 3.05) is 11.3 Å². The molecular weight excluding hydrogens is 394 g/mol. The maximum Gasteiger partial charge on any atom is 0.262 e. The van der Waals surface area contributed by atoms with Crippen LogP contribution in [0, 0.1) is 0 Å². The van der Waals surface area contributed by atoms with Crippen molar-refractivity contribution in [1.82, 2.24) is 0 Å². The number of sulfonamides is 1. The van der Waals surface area contributed by atoms with Gasteiger partial charge < -0.3 is 9.47 Å². The number of ether oxygens (including phenoxy) is 2. The van der Waals surface area contributed by atoms with E-state index in [0.717, 1.165) is 16.5 Å². The van der Waals surface area contributed by atoms with E-state index in [2.05, 4.69) is 20.7 Å². The molecule has 1 aliphatic heterocycles. The Morgan fingerprint density at radius 2 is 2.00 bits per heavy atom. The number of halogens is 1. The van der Waals surface area contributed by atoms with Crippen LogP contribution >= 0.6 is 15.9 Å². The molecule has 0 fully saturated rings. The second-order valence-corrected chi connectivity index (χ2v) is 8.18. The molecule has 7 heteroatoms. The van der Waals surface area contributed by atoms with E-state index in [-0.39, 0.29) is 11.0 Å². The SMILES string of the molecule is CCOc1cc2c(cc1NS(=O)(=O)c1ccc(Br)cc1)O[C@H](C)C2. The number of fused-ring (bicyclic) bond motifs is 1. The van der Waals surface area contributed by atoms with Crippen molar-refractivity contribution in [2.24, 2.45) is 0 Å². The minimum atomic E-state index is -3.71. The molecule has 1 heterocycles. The summed E-state index contributed by atoms with van der Waals surface area (Å²) in [5, 5.41) is 0. The maximum atomic E-state index is 12.6. The van der Waals surface area contributed by atoms with Gasteiger partial charge in [-0.3, -0.25) is 4.72 Å². The topological polar surface area (TPSA) is 64.6 Å². The minimum Gasteiger partial charge on any atom is -0.492 e. The van der Waals surface area contributed by atoms with Gasteiger partial charge in [0.25, 0.3) is 10.0 Å². The second kappa shape index (κ2) is 6.64. The normalized spacial score (nSPS) is 16.4. The van der Waals surface area contributed by atoms with Crippen molar-refractivity contribution < 1.29 is 17.9 Å². The van der Waals surface area contributed by atoms with Gasteiger partial charge in [-0.25, -0.2) is 8.42 Å². The molecule has 0 saturated heterocycles. The van der Waals surface area contributed by atoms with E-state index in [1.54, 1.807) is 30.3 Å². The molecule has 24 heavy (non-hydrogen) atoms. The molecular formula is C17H18BrNO4S. The molecule has 2 aromatic rings. The number of anilines is 1. The summed E-state index contributed by atoms with van der Waals surface area (Å²) in [4.78, 5) is 0.183. The molecule has 2 aromatic carbocycles. The quantitative estimate of drug-likeness (QED) is 0.807. The number of rotatable bonds is 5. The first-order chi connectivity index (χ1) is 11.4. The Hall–Kier alpha value is -1.73. The van der Waals surface area contributed by atoms with E-state index in [4.69, 9.17) is 9.47 Å². The first-order valence-electron chi connectivity index (χ1n) is 7.64. The zero-order chi connectivity index (χ0) is 17.3. The summed E-state index contributed by atoms with van der Waals surface area (Å²) >= 11 is 3.30. The third-order valence-corrected chi connectivity index (χ3v) is 5.58. The Bertz CT molecular complexity index is 850. The summed E-state index contributed by atoms with van der Waals surface area (Å²) in [7, 11) is -3.71. The molecule has 0 bridgehead atoms. The highest BCUT2D eigenvalue weighted by molar-refractivity contribution is 9.10. The Morgan fingerprint density at radius 1 is 1.29 bits per heavy atom. The molecule has 0 spiro atoms. The zero-order valence-corrected chi connectivity index (χ0v) is 15.8. The Kier molecular flexibility index (Phi) is 4.73. The highest BCUT2D eigenvalue weighted by Crippen LogP contribution is 2.38.